The van der Waals surface area contributed by atoms with Crippen molar-refractivity contribution in [2.75, 3.05) is 6.61 Å². The van der Waals surface area contributed by atoms with E-state index in [1.54, 1.807) is 13.0 Å². The Balaban J connectivity index is 2.29. The second-order valence-electron chi connectivity index (χ2n) is 3.14. The highest BCUT2D eigenvalue weighted by Gasteiger charge is 2.39. The van der Waals surface area contributed by atoms with E-state index in [1.807, 2.05) is 0 Å². The van der Waals surface area contributed by atoms with E-state index in [0.717, 1.165) is 23.5 Å². The first kappa shape index (κ1) is 12.7. The zero-order chi connectivity index (χ0) is 13.3. The summed E-state index contributed by atoms with van der Waals surface area (Å²) in [6.07, 6.45) is 0. The second-order valence-corrected chi connectivity index (χ2v) is 5.44. The van der Waals surface area contributed by atoms with Gasteiger partial charge in [0, 0.05) is 0 Å². The summed E-state index contributed by atoms with van der Waals surface area (Å²) < 4.78 is 5.04. The number of rotatable bonds is 2. The number of nitrogens with zero attached hydrogens (tertiary/aromatic N) is 1. The number of imide groups is 1. The molecule has 2 aliphatic rings. The first-order valence-corrected chi connectivity index (χ1v) is 6.49. The van der Waals surface area contributed by atoms with Crippen molar-refractivity contribution in [3.05, 3.63) is 19.6 Å². The van der Waals surface area contributed by atoms with Crippen LogP contribution in [-0.4, -0.2) is 24.4 Å². The van der Waals surface area contributed by atoms with E-state index in [9.17, 15) is 14.4 Å². The van der Waals surface area contributed by atoms with E-state index in [1.165, 1.54) is 0 Å². The topological polar surface area (TPSA) is 96.3 Å². The van der Waals surface area contributed by atoms with E-state index in [4.69, 9.17) is 10.00 Å². The molecule has 92 valence electrons. The molecular formula is C10H6N2O4S2. The summed E-state index contributed by atoms with van der Waals surface area (Å²) in [7, 11) is 0. The molecule has 8 heteroatoms. The molecule has 2 amide bonds. The van der Waals surface area contributed by atoms with E-state index < -0.39 is 17.8 Å². The van der Waals surface area contributed by atoms with E-state index in [0.29, 0.717) is 4.24 Å². The van der Waals surface area contributed by atoms with Crippen LogP contribution in [0.15, 0.2) is 19.6 Å². The van der Waals surface area contributed by atoms with Gasteiger partial charge < -0.3 is 4.74 Å². The van der Waals surface area contributed by atoms with Crippen LogP contribution in [0.2, 0.25) is 0 Å². The van der Waals surface area contributed by atoms with Crippen LogP contribution in [0.25, 0.3) is 0 Å². The maximum absolute atomic E-state index is 11.5. The quantitative estimate of drug-likeness (QED) is 0.343. The molecule has 0 saturated carbocycles. The van der Waals surface area contributed by atoms with Crippen LogP contribution >= 0.6 is 23.5 Å². The molecular weight excluding hydrogens is 276 g/mol. The minimum atomic E-state index is -0.746. The molecule has 0 atom stereocenters. The molecule has 1 N–H and O–H groups in total. The molecule has 0 aromatic carbocycles. The number of thioether (sulfide) groups is 2. The monoisotopic (exact) mass is 282 g/mol. The van der Waals surface area contributed by atoms with Gasteiger partial charge in [-0.3, -0.25) is 14.9 Å². The Kier molecular flexibility index (Phi) is 3.45. The van der Waals surface area contributed by atoms with Crippen molar-refractivity contribution in [2.24, 2.45) is 0 Å². The number of nitrogens with one attached hydrogen (secondary N) is 1. The second kappa shape index (κ2) is 4.88. The Hall–Kier alpha value is -1.72. The molecule has 2 aliphatic heterocycles. The first-order valence-electron chi connectivity index (χ1n) is 4.85. The van der Waals surface area contributed by atoms with Crippen LogP contribution in [0.4, 0.5) is 0 Å². The Morgan fingerprint density at radius 3 is 2.33 bits per heavy atom. The Labute approximate surface area is 110 Å². The Morgan fingerprint density at radius 1 is 1.33 bits per heavy atom. The largest absolute Gasteiger partial charge is 0.462 e. The molecule has 0 spiro atoms. The molecule has 0 unspecified atom stereocenters. The summed E-state index contributed by atoms with van der Waals surface area (Å²) in [6, 6.07) is 1.74. The lowest BCUT2D eigenvalue weighted by Gasteiger charge is -2.04. The molecule has 0 bridgehead atoms. The van der Waals surface area contributed by atoms with E-state index in [2.05, 4.69) is 5.32 Å². The van der Waals surface area contributed by atoms with Crippen LogP contribution in [0.3, 0.4) is 0 Å². The average molecular weight is 282 g/mol. The lowest BCUT2D eigenvalue weighted by molar-refractivity contribution is -0.138. The minimum Gasteiger partial charge on any atom is -0.462 e. The van der Waals surface area contributed by atoms with Gasteiger partial charge in [-0.2, -0.15) is 5.26 Å². The summed E-state index contributed by atoms with van der Waals surface area (Å²) in [4.78, 5) is 34.7. The van der Waals surface area contributed by atoms with Crippen molar-refractivity contribution in [3.8, 4) is 6.07 Å². The minimum absolute atomic E-state index is 0.152. The fraction of sp³-hybridized carbons (Fsp3) is 0.200. The maximum Gasteiger partial charge on any atom is 0.350 e. The fourth-order valence-corrected chi connectivity index (χ4v) is 3.70. The number of ether oxygens (including phenoxy) is 1. The normalized spacial score (nSPS) is 17.4. The number of hydrogen-bond donors (Lipinski definition) is 1. The smallest absolute Gasteiger partial charge is 0.350 e. The zero-order valence-corrected chi connectivity index (χ0v) is 10.7. The van der Waals surface area contributed by atoms with Crippen LogP contribution in [0.5, 0.6) is 0 Å². The molecule has 0 fully saturated rings. The van der Waals surface area contributed by atoms with Crippen LogP contribution in [-0.2, 0) is 19.1 Å². The predicted octanol–water partition coefficient (Wildman–Crippen LogP) is 0.633. The lowest BCUT2D eigenvalue weighted by Crippen LogP contribution is -2.23. The first-order chi connectivity index (χ1) is 8.58. The third-order valence-electron chi connectivity index (χ3n) is 2.03. The number of carbonyl (C=O) groups excluding carboxylic acids is 3. The molecule has 18 heavy (non-hydrogen) atoms. The predicted molar refractivity (Wildman–Crippen MR) is 64.6 cm³/mol. The Morgan fingerprint density at radius 2 is 1.89 bits per heavy atom. The number of nitriles is 1. The number of amides is 2. The summed E-state index contributed by atoms with van der Waals surface area (Å²) >= 11 is 1.89. The van der Waals surface area contributed by atoms with Gasteiger partial charge in [-0.15, -0.1) is 0 Å². The van der Waals surface area contributed by atoms with Crippen molar-refractivity contribution in [2.45, 2.75) is 6.92 Å². The van der Waals surface area contributed by atoms with Crippen molar-refractivity contribution < 1.29 is 19.1 Å². The molecule has 2 rings (SSSR count). The van der Waals surface area contributed by atoms with Gasteiger partial charge in [-0.05, 0) is 6.92 Å². The summed E-state index contributed by atoms with van der Waals surface area (Å²) in [5.41, 5.74) is -0.179. The van der Waals surface area contributed by atoms with Crippen molar-refractivity contribution in [1.29, 1.82) is 5.26 Å². The fourth-order valence-electron chi connectivity index (χ4n) is 1.29. The summed E-state index contributed by atoms with van der Waals surface area (Å²) in [6.45, 7) is 1.78. The van der Waals surface area contributed by atoms with Crippen molar-refractivity contribution >= 4 is 41.3 Å². The third kappa shape index (κ3) is 2.02. The SMILES string of the molecule is CCOC(=O)C(C#N)=C1SC2=C(S1)C(=O)NC2=O. The van der Waals surface area contributed by atoms with Crippen molar-refractivity contribution in [3.63, 3.8) is 0 Å². The van der Waals surface area contributed by atoms with Gasteiger partial charge in [0.05, 0.1) is 20.7 Å². The number of esters is 1. The zero-order valence-electron chi connectivity index (χ0n) is 9.10. The number of hydrogen-bond acceptors (Lipinski definition) is 7. The standard InChI is InChI=1S/C10H6N2O4S2/c1-2-16-9(15)4(3-11)10-17-5-6(18-10)8(14)12-7(5)13/h2H2,1H3,(H,12,13,14). The van der Waals surface area contributed by atoms with Gasteiger partial charge in [0.25, 0.3) is 11.8 Å². The highest BCUT2D eigenvalue weighted by molar-refractivity contribution is 8.29. The summed E-state index contributed by atoms with van der Waals surface area (Å²) in [5.74, 6) is -1.74. The van der Waals surface area contributed by atoms with Gasteiger partial charge in [0.2, 0.25) is 0 Å². The molecule has 0 aliphatic carbocycles. The molecule has 0 saturated heterocycles. The highest BCUT2D eigenvalue weighted by Crippen LogP contribution is 2.52. The van der Waals surface area contributed by atoms with Gasteiger partial charge in [-0.1, -0.05) is 23.5 Å². The van der Waals surface area contributed by atoms with Crippen molar-refractivity contribution in [1.82, 2.24) is 5.32 Å². The van der Waals surface area contributed by atoms with E-state index in [-0.39, 0.29) is 22.0 Å². The molecule has 0 aromatic heterocycles. The third-order valence-corrected chi connectivity index (χ3v) is 4.63. The maximum atomic E-state index is 11.5. The lowest BCUT2D eigenvalue weighted by atomic mass is 10.3. The molecule has 2 heterocycles. The Bertz CT molecular complexity index is 543. The molecule has 6 nitrogen and oxygen atoms in total. The van der Waals surface area contributed by atoms with E-state index >= 15 is 0 Å². The number of carbonyl (C=O) groups is 3. The van der Waals surface area contributed by atoms with Crippen LogP contribution in [0, 0.1) is 11.3 Å². The molecule has 0 radical (unpaired) electrons. The molecule has 0 aromatic rings. The summed E-state index contributed by atoms with van der Waals surface area (Å²) in [5, 5.41) is 11.1. The average Bonchev–Trinajstić information content (AvgIpc) is 2.84. The highest BCUT2D eigenvalue weighted by atomic mass is 32.2. The van der Waals surface area contributed by atoms with Gasteiger partial charge in [0.1, 0.15) is 6.07 Å². The van der Waals surface area contributed by atoms with Crippen LogP contribution in [0.1, 0.15) is 6.92 Å². The van der Waals surface area contributed by atoms with Crippen LogP contribution < -0.4 is 5.32 Å². The van der Waals surface area contributed by atoms with Gasteiger partial charge >= 0.3 is 5.97 Å². The van der Waals surface area contributed by atoms with Gasteiger partial charge in [-0.25, -0.2) is 4.79 Å². The van der Waals surface area contributed by atoms with Gasteiger partial charge in [0.15, 0.2) is 5.57 Å².